The van der Waals surface area contributed by atoms with Crippen molar-refractivity contribution in [2.75, 3.05) is 0 Å². The van der Waals surface area contributed by atoms with Gasteiger partial charge in [-0.25, -0.2) is 9.37 Å². The Hall–Kier alpha value is -1.46. The fourth-order valence-corrected chi connectivity index (χ4v) is 0.903. The van der Waals surface area contributed by atoms with Crippen LogP contribution in [-0.2, 0) is 12.9 Å². The van der Waals surface area contributed by atoms with Crippen molar-refractivity contribution in [1.29, 1.82) is 0 Å². The molecule has 1 aromatic heterocycles. The van der Waals surface area contributed by atoms with Gasteiger partial charge in [-0.05, 0) is 12.1 Å². The summed E-state index contributed by atoms with van der Waals surface area (Å²) in [5, 5.41) is 0. The predicted molar refractivity (Wildman–Crippen MR) is 39.4 cm³/mol. The Balaban J connectivity index is 3.24. The maximum Gasteiger partial charge on any atom is 0.416 e. The van der Waals surface area contributed by atoms with Gasteiger partial charge in [-0.3, -0.25) is 4.79 Å². The van der Waals surface area contributed by atoms with Crippen molar-refractivity contribution in [3.8, 4) is 0 Å². The van der Waals surface area contributed by atoms with E-state index in [1.807, 2.05) is 0 Å². The van der Waals surface area contributed by atoms with Crippen LogP contribution in [0.2, 0.25) is 0 Å². The molecular weight excluding hydrogens is 202 g/mol. The van der Waals surface area contributed by atoms with Crippen molar-refractivity contribution in [2.45, 2.75) is 12.9 Å². The maximum atomic E-state index is 12.2. The van der Waals surface area contributed by atoms with Crippen molar-refractivity contribution >= 4 is 6.29 Å². The number of hydrogen-bond donors (Lipinski definition) is 0. The highest BCUT2D eigenvalue weighted by Crippen LogP contribution is 2.29. The van der Waals surface area contributed by atoms with E-state index in [-0.39, 0.29) is 6.29 Å². The van der Waals surface area contributed by atoms with Gasteiger partial charge in [0.1, 0.15) is 12.4 Å². The zero-order valence-corrected chi connectivity index (χ0v) is 6.81. The van der Waals surface area contributed by atoms with E-state index in [1.54, 1.807) is 0 Å². The van der Waals surface area contributed by atoms with Crippen molar-refractivity contribution in [3.05, 3.63) is 29.1 Å². The number of carbonyl (C=O) groups is 1. The van der Waals surface area contributed by atoms with Crippen molar-refractivity contribution in [2.24, 2.45) is 0 Å². The SMILES string of the molecule is O=Cc1cc(C(F)(F)F)cc(CF)n1. The van der Waals surface area contributed by atoms with E-state index in [2.05, 4.69) is 4.98 Å². The van der Waals surface area contributed by atoms with Gasteiger partial charge in [0.2, 0.25) is 0 Å². The van der Waals surface area contributed by atoms with E-state index in [4.69, 9.17) is 0 Å². The number of aromatic nitrogens is 1. The molecule has 0 unspecified atom stereocenters. The highest BCUT2D eigenvalue weighted by atomic mass is 19.4. The Kier molecular flexibility index (Phi) is 2.83. The van der Waals surface area contributed by atoms with Gasteiger partial charge in [0.25, 0.3) is 0 Å². The summed E-state index contributed by atoms with van der Waals surface area (Å²) in [7, 11) is 0. The number of alkyl halides is 4. The van der Waals surface area contributed by atoms with Crippen LogP contribution in [0.5, 0.6) is 0 Å². The summed E-state index contributed by atoms with van der Waals surface area (Å²) in [4.78, 5) is 13.5. The van der Waals surface area contributed by atoms with Crippen molar-refractivity contribution in [1.82, 2.24) is 4.98 Å². The minimum absolute atomic E-state index is 0.147. The number of hydrogen-bond acceptors (Lipinski definition) is 2. The standard InChI is InChI=1S/C8H5F4NO/c9-3-6-1-5(8(10,11)12)2-7(4-14)13-6/h1-2,4H,3H2. The minimum atomic E-state index is -4.59. The van der Waals surface area contributed by atoms with E-state index < -0.39 is 29.8 Å². The van der Waals surface area contributed by atoms with Gasteiger partial charge in [-0.2, -0.15) is 13.2 Å². The maximum absolute atomic E-state index is 12.2. The Morgan fingerprint density at radius 2 is 2.00 bits per heavy atom. The molecule has 0 fully saturated rings. The molecule has 0 aromatic carbocycles. The van der Waals surface area contributed by atoms with Gasteiger partial charge in [0, 0.05) is 0 Å². The van der Waals surface area contributed by atoms with Crippen LogP contribution in [0.15, 0.2) is 12.1 Å². The molecule has 14 heavy (non-hydrogen) atoms. The smallest absolute Gasteiger partial charge is 0.296 e. The molecule has 0 amide bonds. The van der Waals surface area contributed by atoms with Gasteiger partial charge in [-0.1, -0.05) is 0 Å². The molecule has 1 heterocycles. The third-order valence-corrected chi connectivity index (χ3v) is 1.48. The van der Waals surface area contributed by atoms with Gasteiger partial charge in [-0.15, -0.1) is 0 Å². The van der Waals surface area contributed by atoms with Crippen molar-refractivity contribution < 1.29 is 22.4 Å². The molecule has 0 aliphatic rings. The van der Waals surface area contributed by atoms with E-state index in [1.165, 1.54) is 0 Å². The lowest BCUT2D eigenvalue weighted by Crippen LogP contribution is -2.08. The highest BCUT2D eigenvalue weighted by molar-refractivity contribution is 5.72. The highest BCUT2D eigenvalue weighted by Gasteiger charge is 2.31. The summed E-state index contributed by atoms with van der Waals surface area (Å²) in [5.41, 5.74) is -1.89. The number of halogens is 4. The molecule has 0 radical (unpaired) electrons. The average Bonchev–Trinajstić information content (AvgIpc) is 2.15. The lowest BCUT2D eigenvalue weighted by Gasteiger charge is -2.07. The quantitative estimate of drug-likeness (QED) is 0.550. The van der Waals surface area contributed by atoms with Crippen LogP contribution in [0, 0.1) is 0 Å². The van der Waals surface area contributed by atoms with Crippen LogP contribution < -0.4 is 0 Å². The first-order valence-electron chi connectivity index (χ1n) is 3.56. The summed E-state index contributed by atoms with van der Waals surface area (Å²) in [6.07, 6.45) is -4.45. The number of aldehydes is 1. The molecule has 1 aromatic rings. The summed E-state index contributed by atoms with van der Waals surface area (Å²) in [5.74, 6) is 0. The summed E-state index contributed by atoms with van der Waals surface area (Å²) < 4.78 is 48.5. The molecule has 0 bridgehead atoms. The molecule has 0 spiro atoms. The lowest BCUT2D eigenvalue weighted by atomic mass is 10.2. The Labute approximate surface area is 76.6 Å². The van der Waals surface area contributed by atoms with E-state index in [0.29, 0.717) is 12.1 Å². The fraction of sp³-hybridized carbons (Fsp3) is 0.250. The minimum Gasteiger partial charge on any atom is -0.296 e. The van der Waals surface area contributed by atoms with Crippen LogP contribution in [0.3, 0.4) is 0 Å². The van der Waals surface area contributed by atoms with Gasteiger partial charge >= 0.3 is 6.18 Å². The van der Waals surface area contributed by atoms with Crippen LogP contribution in [0.4, 0.5) is 17.6 Å². The third-order valence-electron chi connectivity index (χ3n) is 1.48. The number of carbonyl (C=O) groups excluding carboxylic acids is 1. The van der Waals surface area contributed by atoms with Crippen molar-refractivity contribution in [3.63, 3.8) is 0 Å². The second-order valence-corrected chi connectivity index (χ2v) is 2.52. The number of rotatable bonds is 2. The number of nitrogens with zero attached hydrogens (tertiary/aromatic N) is 1. The summed E-state index contributed by atoms with van der Waals surface area (Å²) in [6, 6.07) is 1.15. The summed E-state index contributed by atoms with van der Waals surface area (Å²) in [6.45, 7) is -1.13. The molecule has 2 nitrogen and oxygen atoms in total. The number of pyridine rings is 1. The molecule has 76 valence electrons. The van der Waals surface area contributed by atoms with Crippen LogP contribution in [-0.4, -0.2) is 11.3 Å². The first-order chi connectivity index (χ1) is 6.47. The Morgan fingerprint density at radius 3 is 2.43 bits per heavy atom. The molecular formula is C8H5F4NO. The second-order valence-electron chi connectivity index (χ2n) is 2.52. The Bertz CT molecular complexity index is 348. The van der Waals surface area contributed by atoms with Gasteiger partial charge < -0.3 is 0 Å². The van der Waals surface area contributed by atoms with Gasteiger partial charge in [0.05, 0.1) is 11.3 Å². The van der Waals surface area contributed by atoms with Gasteiger partial charge in [0.15, 0.2) is 6.29 Å². The first kappa shape index (κ1) is 10.6. The zero-order valence-electron chi connectivity index (χ0n) is 6.81. The molecule has 6 heteroatoms. The topological polar surface area (TPSA) is 30.0 Å². The second kappa shape index (κ2) is 3.73. The normalized spacial score (nSPS) is 11.4. The summed E-state index contributed by atoms with van der Waals surface area (Å²) >= 11 is 0. The van der Waals surface area contributed by atoms with E-state index >= 15 is 0 Å². The predicted octanol–water partition coefficient (Wildman–Crippen LogP) is 2.38. The average molecular weight is 207 g/mol. The molecule has 0 atom stereocenters. The molecule has 0 aliphatic carbocycles. The van der Waals surface area contributed by atoms with Crippen LogP contribution >= 0.6 is 0 Å². The first-order valence-corrected chi connectivity index (χ1v) is 3.56. The monoisotopic (exact) mass is 207 g/mol. The lowest BCUT2D eigenvalue weighted by molar-refractivity contribution is -0.137. The molecule has 1 rings (SSSR count). The largest absolute Gasteiger partial charge is 0.416 e. The van der Waals surface area contributed by atoms with E-state index in [0.717, 1.165) is 0 Å². The molecule has 0 aliphatic heterocycles. The van der Waals surface area contributed by atoms with Crippen LogP contribution in [0.25, 0.3) is 0 Å². The molecule has 0 saturated heterocycles. The third kappa shape index (κ3) is 2.27. The molecule has 0 N–H and O–H groups in total. The Morgan fingerprint density at radius 1 is 1.36 bits per heavy atom. The zero-order chi connectivity index (χ0) is 10.8. The van der Waals surface area contributed by atoms with Crippen LogP contribution in [0.1, 0.15) is 21.7 Å². The van der Waals surface area contributed by atoms with E-state index in [9.17, 15) is 22.4 Å². The fourth-order valence-electron chi connectivity index (χ4n) is 0.903. The molecule has 0 saturated carbocycles.